The average molecular weight is 271 g/mol. The normalized spacial score (nSPS) is 28.7. The monoisotopic (exact) mass is 271 g/mol. The molecule has 2 saturated heterocycles. The van der Waals surface area contributed by atoms with Crippen LogP contribution in [0, 0.1) is 5.92 Å². The van der Waals surface area contributed by atoms with E-state index < -0.39 is 0 Å². The zero-order valence-corrected chi connectivity index (χ0v) is 11.2. The van der Waals surface area contributed by atoms with E-state index in [4.69, 9.17) is 0 Å². The Bertz CT molecular complexity index is 640. The van der Waals surface area contributed by atoms with Gasteiger partial charge in [-0.05, 0) is 31.4 Å². The lowest BCUT2D eigenvalue weighted by Crippen LogP contribution is -2.47. The van der Waals surface area contributed by atoms with Crippen molar-refractivity contribution >= 4 is 11.4 Å². The van der Waals surface area contributed by atoms with E-state index in [-0.39, 0.29) is 11.9 Å². The molecule has 2 aliphatic heterocycles. The third kappa shape index (κ3) is 2.06. The Morgan fingerprint density at radius 3 is 3.20 bits per heavy atom. The van der Waals surface area contributed by atoms with Gasteiger partial charge >= 0.3 is 0 Å². The van der Waals surface area contributed by atoms with E-state index in [9.17, 15) is 4.79 Å². The Morgan fingerprint density at radius 1 is 1.35 bits per heavy atom. The molecule has 6 heteroatoms. The second-order valence-electron chi connectivity index (χ2n) is 5.82. The summed E-state index contributed by atoms with van der Waals surface area (Å²) in [5.41, 5.74) is 1.35. The number of imidazole rings is 1. The van der Waals surface area contributed by atoms with Crippen LogP contribution < -0.4 is 5.32 Å². The molecule has 3 atom stereocenters. The maximum Gasteiger partial charge on any atom is 0.270 e. The predicted molar refractivity (Wildman–Crippen MR) is 73.4 cm³/mol. The second kappa shape index (κ2) is 4.56. The Balaban J connectivity index is 1.49. The topological polar surface area (TPSA) is 62.5 Å². The van der Waals surface area contributed by atoms with Gasteiger partial charge in [-0.2, -0.15) is 0 Å². The first-order chi connectivity index (χ1) is 9.78. The van der Waals surface area contributed by atoms with E-state index in [2.05, 4.69) is 20.2 Å². The minimum absolute atomic E-state index is 0.0822. The van der Waals surface area contributed by atoms with Crippen LogP contribution in [-0.2, 0) is 0 Å². The SMILES string of the molecule is O=C(N[C@@H]1C[C@H]2CCN(C2)C1)c1cc2cncn2cn1. The maximum atomic E-state index is 12.3. The quantitative estimate of drug-likeness (QED) is 0.866. The summed E-state index contributed by atoms with van der Waals surface area (Å²) in [4.78, 5) is 23.0. The molecule has 0 radical (unpaired) electrons. The summed E-state index contributed by atoms with van der Waals surface area (Å²) in [7, 11) is 0. The zero-order chi connectivity index (χ0) is 13.5. The van der Waals surface area contributed by atoms with Gasteiger partial charge in [-0.15, -0.1) is 0 Å². The number of piperidine rings is 1. The minimum atomic E-state index is -0.0822. The van der Waals surface area contributed by atoms with Gasteiger partial charge in [0.2, 0.25) is 0 Å². The van der Waals surface area contributed by atoms with Crippen molar-refractivity contribution in [2.45, 2.75) is 18.9 Å². The van der Waals surface area contributed by atoms with E-state index in [0.717, 1.165) is 24.4 Å². The molecule has 0 aliphatic carbocycles. The number of rotatable bonds is 2. The van der Waals surface area contributed by atoms with Crippen LogP contribution >= 0.6 is 0 Å². The van der Waals surface area contributed by atoms with Crippen LogP contribution in [0.5, 0.6) is 0 Å². The number of nitrogens with one attached hydrogen (secondary N) is 1. The number of carbonyl (C=O) groups excluding carboxylic acids is 1. The first-order valence-corrected chi connectivity index (χ1v) is 7.09. The number of hydrogen-bond acceptors (Lipinski definition) is 4. The molecular weight excluding hydrogens is 254 g/mol. The minimum Gasteiger partial charge on any atom is -0.347 e. The summed E-state index contributed by atoms with van der Waals surface area (Å²) < 4.78 is 1.79. The van der Waals surface area contributed by atoms with Gasteiger partial charge in [-0.1, -0.05) is 0 Å². The average Bonchev–Trinajstić information content (AvgIpc) is 3.04. The highest BCUT2D eigenvalue weighted by atomic mass is 16.1. The van der Waals surface area contributed by atoms with Crippen LogP contribution in [0.2, 0.25) is 0 Å². The molecule has 1 amide bonds. The Labute approximate surface area is 116 Å². The second-order valence-corrected chi connectivity index (χ2v) is 5.82. The predicted octanol–water partition coefficient (Wildman–Crippen LogP) is 0.553. The Hall–Kier alpha value is -1.95. The molecule has 104 valence electrons. The van der Waals surface area contributed by atoms with Crippen LogP contribution in [0.25, 0.3) is 5.52 Å². The number of hydrogen-bond donors (Lipinski definition) is 1. The van der Waals surface area contributed by atoms with Gasteiger partial charge in [0.15, 0.2) is 0 Å². The number of carbonyl (C=O) groups is 1. The molecule has 0 saturated carbocycles. The lowest BCUT2D eigenvalue weighted by atomic mass is 9.97. The molecule has 4 rings (SSSR count). The molecule has 2 bridgehead atoms. The molecule has 1 N–H and O–H groups in total. The van der Waals surface area contributed by atoms with Gasteiger partial charge in [0.25, 0.3) is 5.91 Å². The zero-order valence-electron chi connectivity index (χ0n) is 11.2. The van der Waals surface area contributed by atoms with E-state index >= 15 is 0 Å². The fourth-order valence-corrected chi connectivity index (χ4v) is 3.37. The molecule has 2 aromatic heterocycles. The third-order valence-corrected chi connectivity index (χ3v) is 4.34. The van der Waals surface area contributed by atoms with Crippen molar-refractivity contribution in [3.05, 3.63) is 30.6 Å². The lowest BCUT2D eigenvalue weighted by molar-refractivity contribution is 0.0904. The van der Waals surface area contributed by atoms with Crippen molar-refractivity contribution in [2.75, 3.05) is 19.6 Å². The van der Waals surface area contributed by atoms with Crippen molar-refractivity contribution < 1.29 is 4.79 Å². The Kier molecular flexibility index (Phi) is 2.70. The van der Waals surface area contributed by atoms with E-state index in [1.807, 2.05) is 0 Å². The molecule has 2 aliphatic rings. The molecule has 20 heavy (non-hydrogen) atoms. The van der Waals surface area contributed by atoms with Crippen molar-refractivity contribution in [1.29, 1.82) is 0 Å². The van der Waals surface area contributed by atoms with Gasteiger partial charge in [-0.3, -0.25) is 9.20 Å². The van der Waals surface area contributed by atoms with Crippen molar-refractivity contribution in [3.63, 3.8) is 0 Å². The van der Waals surface area contributed by atoms with Gasteiger partial charge in [0.05, 0.1) is 11.7 Å². The summed E-state index contributed by atoms with van der Waals surface area (Å²) in [6.45, 7) is 3.35. The van der Waals surface area contributed by atoms with Crippen LogP contribution in [-0.4, -0.2) is 50.9 Å². The molecule has 0 aromatic carbocycles. The molecule has 6 nitrogen and oxygen atoms in total. The number of fused-ring (bicyclic) bond motifs is 3. The summed E-state index contributed by atoms with van der Waals surface area (Å²) in [6.07, 6.45) is 7.40. The summed E-state index contributed by atoms with van der Waals surface area (Å²) in [5.74, 6) is 0.667. The standard InChI is InChI=1S/C14H17N5O/c20-14(13-4-12-5-15-8-19(12)9-16-13)17-11-3-10-1-2-18(6-10)7-11/h4-5,8-11H,1-3,6-7H2,(H,17,20)/t10-,11-/m1/s1. The van der Waals surface area contributed by atoms with Crippen molar-refractivity contribution in [2.24, 2.45) is 5.92 Å². The van der Waals surface area contributed by atoms with Crippen LogP contribution in [0.1, 0.15) is 23.3 Å². The fourth-order valence-electron chi connectivity index (χ4n) is 3.37. The fraction of sp³-hybridized carbons (Fsp3) is 0.500. The molecule has 2 fully saturated rings. The number of aromatic nitrogens is 3. The maximum absolute atomic E-state index is 12.3. The molecule has 1 unspecified atom stereocenters. The largest absolute Gasteiger partial charge is 0.347 e. The van der Waals surface area contributed by atoms with Crippen molar-refractivity contribution in [1.82, 2.24) is 24.6 Å². The van der Waals surface area contributed by atoms with Gasteiger partial charge < -0.3 is 10.2 Å². The smallest absolute Gasteiger partial charge is 0.270 e. The first-order valence-electron chi connectivity index (χ1n) is 7.09. The number of nitrogens with zero attached hydrogens (tertiary/aromatic N) is 4. The van der Waals surface area contributed by atoms with Crippen LogP contribution in [0.15, 0.2) is 24.9 Å². The highest BCUT2D eigenvalue weighted by Gasteiger charge is 2.33. The van der Waals surface area contributed by atoms with E-state index in [0.29, 0.717) is 5.69 Å². The molecular formula is C14H17N5O. The van der Waals surface area contributed by atoms with Crippen molar-refractivity contribution in [3.8, 4) is 0 Å². The number of amides is 1. The van der Waals surface area contributed by atoms with E-state index in [1.165, 1.54) is 19.5 Å². The third-order valence-electron chi connectivity index (χ3n) is 4.34. The van der Waals surface area contributed by atoms with Gasteiger partial charge in [0, 0.05) is 19.1 Å². The highest BCUT2D eigenvalue weighted by molar-refractivity contribution is 5.93. The Morgan fingerprint density at radius 2 is 2.30 bits per heavy atom. The summed E-state index contributed by atoms with van der Waals surface area (Å²) in [5, 5.41) is 3.12. The first kappa shape index (κ1) is 11.8. The molecule has 2 aromatic rings. The molecule has 0 spiro atoms. The van der Waals surface area contributed by atoms with Gasteiger partial charge in [0.1, 0.15) is 18.3 Å². The summed E-state index contributed by atoms with van der Waals surface area (Å²) >= 11 is 0. The lowest BCUT2D eigenvalue weighted by Gasteiger charge is -2.30. The van der Waals surface area contributed by atoms with Crippen LogP contribution in [0.3, 0.4) is 0 Å². The van der Waals surface area contributed by atoms with Crippen LogP contribution in [0.4, 0.5) is 0 Å². The highest BCUT2D eigenvalue weighted by Crippen LogP contribution is 2.26. The van der Waals surface area contributed by atoms with Gasteiger partial charge in [-0.25, -0.2) is 9.97 Å². The van der Waals surface area contributed by atoms with E-state index in [1.54, 1.807) is 29.3 Å². The summed E-state index contributed by atoms with van der Waals surface area (Å²) in [6, 6.07) is 2.03. The molecule has 4 heterocycles.